The normalized spacial score (nSPS) is 18.9. The minimum absolute atomic E-state index is 0. The Hall–Kier alpha value is -2.24. The summed E-state index contributed by atoms with van der Waals surface area (Å²) in [7, 11) is 0. The number of amidine groups is 1. The molecule has 0 bridgehead atoms. The minimum atomic E-state index is -0.513. The van der Waals surface area contributed by atoms with Gasteiger partial charge in [0.1, 0.15) is 23.7 Å². The van der Waals surface area contributed by atoms with Crippen molar-refractivity contribution in [1.29, 1.82) is 0 Å². The molecule has 2 N–H and O–H groups in total. The average Bonchev–Trinajstić information content (AvgIpc) is 2.67. The SMILES string of the molecule is CCCCc1ccc(C(=O)Cc2cccc(C3(C)COCC(N)=N3)c2)nc1.Cl. The number of Topliss-reactive ketones (excluding diaryl/α,β-unsaturated/α-hetero) is 1. The number of ether oxygens (including phenoxy) is 1. The van der Waals surface area contributed by atoms with Crippen LogP contribution in [0.5, 0.6) is 0 Å². The predicted octanol–water partition coefficient (Wildman–Crippen LogP) is 3.87. The summed E-state index contributed by atoms with van der Waals surface area (Å²) in [6, 6.07) is 11.8. The molecule has 1 atom stereocenters. The Morgan fingerprint density at radius 3 is 2.75 bits per heavy atom. The first kappa shape index (κ1) is 22.1. The number of hydrogen-bond donors (Lipinski definition) is 1. The first-order chi connectivity index (χ1) is 13.0. The number of rotatable bonds is 7. The number of ketones is 1. The quantitative estimate of drug-likeness (QED) is 0.714. The van der Waals surface area contributed by atoms with E-state index in [1.165, 1.54) is 5.56 Å². The highest BCUT2D eigenvalue weighted by Crippen LogP contribution is 2.29. The highest BCUT2D eigenvalue weighted by atomic mass is 35.5. The number of pyridine rings is 1. The molecule has 2 heterocycles. The maximum absolute atomic E-state index is 12.6. The zero-order valence-electron chi connectivity index (χ0n) is 16.5. The van der Waals surface area contributed by atoms with Gasteiger partial charge in [0.05, 0.1) is 6.61 Å². The lowest BCUT2D eigenvalue weighted by Gasteiger charge is -2.30. The van der Waals surface area contributed by atoms with E-state index in [1.54, 1.807) is 0 Å². The second kappa shape index (κ2) is 9.80. The molecule has 1 aromatic heterocycles. The van der Waals surface area contributed by atoms with Crippen molar-refractivity contribution in [2.75, 3.05) is 13.2 Å². The molecule has 0 spiro atoms. The molecule has 5 nitrogen and oxygen atoms in total. The van der Waals surface area contributed by atoms with Crippen molar-refractivity contribution in [3.8, 4) is 0 Å². The molecule has 28 heavy (non-hydrogen) atoms. The van der Waals surface area contributed by atoms with Crippen LogP contribution < -0.4 is 5.73 Å². The predicted molar refractivity (Wildman–Crippen MR) is 114 cm³/mol. The molecule has 0 amide bonds. The van der Waals surface area contributed by atoms with Crippen molar-refractivity contribution in [3.63, 3.8) is 0 Å². The number of aryl methyl sites for hydroxylation is 1. The van der Waals surface area contributed by atoms with E-state index in [2.05, 4.69) is 16.9 Å². The van der Waals surface area contributed by atoms with Crippen molar-refractivity contribution in [1.82, 2.24) is 4.98 Å². The van der Waals surface area contributed by atoms with Gasteiger partial charge in [-0.05, 0) is 42.5 Å². The smallest absolute Gasteiger partial charge is 0.185 e. The summed E-state index contributed by atoms with van der Waals surface area (Å²) in [5.41, 5.74) is 8.96. The molecule has 2 aromatic rings. The number of carbonyl (C=O) groups excluding carboxylic acids is 1. The van der Waals surface area contributed by atoms with Crippen LogP contribution in [0.4, 0.5) is 0 Å². The fourth-order valence-electron chi connectivity index (χ4n) is 3.29. The van der Waals surface area contributed by atoms with Crippen LogP contribution in [0, 0.1) is 0 Å². The maximum atomic E-state index is 12.6. The van der Waals surface area contributed by atoms with Gasteiger partial charge in [0.2, 0.25) is 0 Å². The number of carbonyl (C=O) groups is 1. The van der Waals surface area contributed by atoms with Gasteiger partial charge in [-0.1, -0.05) is 43.7 Å². The van der Waals surface area contributed by atoms with E-state index in [9.17, 15) is 4.79 Å². The van der Waals surface area contributed by atoms with Crippen molar-refractivity contribution in [2.45, 2.75) is 45.1 Å². The van der Waals surface area contributed by atoms with Crippen molar-refractivity contribution >= 4 is 24.0 Å². The number of benzene rings is 1. The fourth-order valence-corrected chi connectivity index (χ4v) is 3.29. The van der Waals surface area contributed by atoms with Crippen LogP contribution in [0.2, 0.25) is 0 Å². The fraction of sp³-hybridized carbons (Fsp3) is 0.409. The molecular weight excluding hydrogens is 374 g/mol. The first-order valence-corrected chi connectivity index (χ1v) is 9.49. The number of unbranched alkanes of at least 4 members (excludes halogenated alkanes) is 1. The van der Waals surface area contributed by atoms with E-state index < -0.39 is 5.54 Å². The summed E-state index contributed by atoms with van der Waals surface area (Å²) in [6.07, 6.45) is 5.42. The number of aromatic nitrogens is 1. The molecule has 0 fully saturated rings. The third-order valence-electron chi connectivity index (χ3n) is 4.87. The third-order valence-corrected chi connectivity index (χ3v) is 4.87. The average molecular weight is 402 g/mol. The van der Waals surface area contributed by atoms with Gasteiger partial charge in [-0.3, -0.25) is 14.8 Å². The Labute approximate surface area is 172 Å². The molecule has 1 aliphatic rings. The number of nitrogens with zero attached hydrogens (tertiary/aromatic N) is 2. The second-order valence-corrected chi connectivity index (χ2v) is 7.33. The Kier molecular flexibility index (Phi) is 7.72. The second-order valence-electron chi connectivity index (χ2n) is 7.33. The van der Waals surface area contributed by atoms with E-state index in [-0.39, 0.29) is 18.2 Å². The minimum Gasteiger partial charge on any atom is -0.386 e. The van der Waals surface area contributed by atoms with Crippen LogP contribution in [0.1, 0.15) is 53.9 Å². The van der Waals surface area contributed by atoms with E-state index in [0.717, 1.165) is 30.4 Å². The van der Waals surface area contributed by atoms with Gasteiger partial charge >= 0.3 is 0 Å². The Morgan fingerprint density at radius 1 is 1.25 bits per heavy atom. The van der Waals surface area contributed by atoms with Crippen LogP contribution >= 0.6 is 12.4 Å². The maximum Gasteiger partial charge on any atom is 0.185 e. The van der Waals surface area contributed by atoms with Crippen LogP contribution in [0.25, 0.3) is 0 Å². The molecule has 0 radical (unpaired) electrons. The van der Waals surface area contributed by atoms with Crippen LogP contribution in [0.3, 0.4) is 0 Å². The van der Waals surface area contributed by atoms with Crippen LogP contribution in [-0.4, -0.2) is 29.8 Å². The molecule has 1 aromatic carbocycles. The van der Waals surface area contributed by atoms with Crippen LogP contribution in [0.15, 0.2) is 47.6 Å². The molecule has 1 aliphatic heterocycles. The zero-order valence-corrected chi connectivity index (χ0v) is 17.3. The number of halogens is 1. The summed E-state index contributed by atoms with van der Waals surface area (Å²) in [4.78, 5) is 21.5. The van der Waals surface area contributed by atoms with Crippen LogP contribution in [-0.2, 0) is 23.1 Å². The summed E-state index contributed by atoms with van der Waals surface area (Å²) >= 11 is 0. The van der Waals surface area contributed by atoms with Gasteiger partial charge in [-0.2, -0.15) is 0 Å². The standard InChI is InChI=1S/C22H27N3O2.ClH/c1-3-4-6-16-9-10-19(24-13-16)20(26)12-17-7-5-8-18(11-17)22(2)15-27-14-21(23)25-22;/h5,7-11,13H,3-4,6,12,14-15H2,1-2H3,(H2,23,25);1H. The Morgan fingerprint density at radius 2 is 2.07 bits per heavy atom. The molecule has 0 saturated carbocycles. The van der Waals surface area contributed by atoms with Gasteiger partial charge in [-0.25, -0.2) is 0 Å². The highest BCUT2D eigenvalue weighted by molar-refractivity contribution is 5.95. The molecule has 150 valence electrons. The molecule has 0 aliphatic carbocycles. The van der Waals surface area contributed by atoms with Crippen molar-refractivity contribution in [3.05, 3.63) is 65.0 Å². The largest absolute Gasteiger partial charge is 0.386 e. The summed E-state index contributed by atoms with van der Waals surface area (Å²) in [5.74, 6) is 0.514. The summed E-state index contributed by atoms with van der Waals surface area (Å²) in [6.45, 7) is 5.01. The summed E-state index contributed by atoms with van der Waals surface area (Å²) < 4.78 is 5.55. The molecule has 3 rings (SSSR count). The van der Waals surface area contributed by atoms with Gasteiger partial charge < -0.3 is 10.5 Å². The zero-order chi connectivity index (χ0) is 19.3. The number of aliphatic imine (C=N–C) groups is 1. The topological polar surface area (TPSA) is 77.6 Å². The lowest BCUT2D eigenvalue weighted by Crippen LogP contribution is -2.37. The van der Waals surface area contributed by atoms with E-state index in [0.29, 0.717) is 31.2 Å². The third kappa shape index (κ3) is 5.40. The van der Waals surface area contributed by atoms with E-state index in [4.69, 9.17) is 10.5 Å². The monoisotopic (exact) mass is 401 g/mol. The Balaban J connectivity index is 0.00000280. The molecule has 0 saturated heterocycles. The van der Waals surface area contributed by atoms with Crippen molar-refractivity contribution in [2.24, 2.45) is 10.7 Å². The molecule has 1 unspecified atom stereocenters. The van der Waals surface area contributed by atoms with Gasteiger partial charge in [0.15, 0.2) is 5.78 Å². The molecule has 6 heteroatoms. The number of hydrogen-bond acceptors (Lipinski definition) is 5. The van der Waals surface area contributed by atoms with Gasteiger partial charge in [0.25, 0.3) is 0 Å². The lowest BCUT2D eigenvalue weighted by molar-refractivity contribution is 0.0987. The van der Waals surface area contributed by atoms with E-state index >= 15 is 0 Å². The summed E-state index contributed by atoms with van der Waals surface area (Å²) in [5, 5.41) is 0. The van der Waals surface area contributed by atoms with E-state index in [1.807, 2.05) is 49.5 Å². The van der Waals surface area contributed by atoms with Gasteiger partial charge in [0, 0.05) is 12.6 Å². The van der Waals surface area contributed by atoms with Crippen molar-refractivity contribution < 1.29 is 9.53 Å². The molecular formula is C22H28ClN3O2. The Bertz CT molecular complexity index is 836. The lowest BCUT2D eigenvalue weighted by atomic mass is 9.90. The first-order valence-electron chi connectivity index (χ1n) is 9.49. The highest BCUT2D eigenvalue weighted by Gasteiger charge is 2.30. The van der Waals surface area contributed by atoms with Gasteiger partial charge in [-0.15, -0.1) is 12.4 Å². The number of nitrogens with two attached hydrogens (primary N) is 1.